The van der Waals surface area contributed by atoms with Crippen LogP contribution in [-0.2, 0) is 21.4 Å². The van der Waals surface area contributed by atoms with Gasteiger partial charge < -0.3 is 10.4 Å². The number of aromatic carboxylic acids is 1. The summed E-state index contributed by atoms with van der Waals surface area (Å²) in [5.74, 6) is -2.61. The lowest BCUT2D eigenvalue weighted by molar-refractivity contribution is -0.124. The van der Waals surface area contributed by atoms with Crippen molar-refractivity contribution >= 4 is 33.5 Å². The van der Waals surface area contributed by atoms with Gasteiger partial charge in [0, 0.05) is 23.7 Å². The maximum absolute atomic E-state index is 14.6. The van der Waals surface area contributed by atoms with Crippen molar-refractivity contribution in [3.63, 3.8) is 0 Å². The van der Waals surface area contributed by atoms with E-state index in [1.165, 1.54) is 36.4 Å². The first-order valence-corrected chi connectivity index (χ1v) is 11.1. The predicted octanol–water partition coefficient (Wildman–Crippen LogP) is 3.04. The molecule has 1 amide bonds. The fourth-order valence-electron chi connectivity index (χ4n) is 3.28. The SMILES string of the molecule is O=C(O)c1ccc(CN([C@@H]2CCCCNC2=O)S(=O)(=O)c2ccc(Cl)cc2)c(F)c1. The molecule has 30 heavy (non-hydrogen) atoms. The molecule has 1 aliphatic rings. The summed E-state index contributed by atoms with van der Waals surface area (Å²) in [4.78, 5) is 23.6. The standard InChI is InChI=1S/C20H20ClFN2O5S/c21-15-6-8-16(9-7-15)30(28,29)24(18-3-1-2-10-23-19(18)25)12-14-5-4-13(20(26)27)11-17(14)22/h4-9,11,18H,1-3,10,12H2,(H,23,25)(H,26,27)/t18-/m1/s1. The molecule has 0 aliphatic carbocycles. The van der Waals surface area contributed by atoms with Gasteiger partial charge in [0.2, 0.25) is 15.9 Å². The fraction of sp³-hybridized carbons (Fsp3) is 0.300. The van der Waals surface area contributed by atoms with E-state index in [4.69, 9.17) is 16.7 Å². The molecule has 160 valence electrons. The van der Waals surface area contributed by atoms with Crippen molar-refractivity contribution in [3.05, 3.63) is 64.4 Å². The van der Waals surface area contributed by atoms with Crippen LogP contribution in [0, 0.1) is 5.82 Å². The van der Waals surface area contributed by atoms with Crippen LogP contribution in [0.4, 0.5) is 4.39 Å². The summed E-state index contributed by atoms with van der Waals surface area (Å²) in [5.41, 5.74) is -0.287. The van der Waals surface area contributed by atoms with E-state index in [9.17, 15) is 22.4 Å². The first-order chi connectivity index (χ1) is 14.2. The normalized spacial score (nSPS) is 17.4. The highest BCUT2D eigenvalue weighted by molar-refractivity contribution is 7.89. The Kier molecular flexibility index (Phi) is 6.74. The second kappa shape index (κ2) is 9.11. The van der Waals surface area contributed by atoms with Gasteiger partial charge in [-0.05, 0) is 55.7 Å². The van der Waals surface area contributed by atoms with Crippen LogP contribution >= 0.6 is 11.6 Å². The van der Waals surface area contributed by atoms with Crippen LogP contribution in [0.25, 0.3) is 0 Å². The van der Waals surface area contributed by atoms with Gasteiger partial charge in [-0.2, -0.15) is 4.31 Å². The number of hydrogen-bond acceptors (Lipinski definition) is 4. The third-order valence-corrected chi connectivity index (χ3v) is 7.02. The molecule has 0 spiro atoms. The highest BCUT2D eigenvalue weighted by Crippen LogP contribution is 2.27. The summed E-state index contributed by atoms with van der Waals surface area (Å²) in [7, 11) is -4.18. The quantitative estimate of drug-likeness (QED) is 0.698. The number of halogens is 2. The van der Waals surface area contributed by atoms with Crippen molar-refractivity contribution in [1.29, 1.82) is 0 Å². The van der Waals surface area contributed by atoms with E-state index in [1.54, 1.807) is 0 Å². The minimum absolute atomic E-state index is 0.0328. The molecule has 1 saturated heterocycles. The van der Waals surface area contributed by atoms with Gasteiger partial charge in [0.05, 0.1) is 10.5 Å². The van der Waals surface area contributed by atoms with Crippen molar-refractivity contribution in [2.75, 3.05) is 6.54 Å². The first-order valence-electron chi connectivity index (χ1n) is 9.27. The zero-order valence-electron chi connectivity index (χ0n) is 15.8. The molecule has 0 unspecified atom stereocenters. The van der Waals surface area contributed by atoms with E-state index >= 15 is 0 Å². The number of nitrogens with zero attached hydrogens (tertiary/aromatic N) is 1. The second-order valence-corrected chi connectivity index (χ2v) is 9.25. The summed E-state index contributed by atoms with van der Waals surface area (Å²) in [5, 5.41) is 12.1. The minimum atomic E-state index is -4.18. The van der Waals surface area contributed by atoms with E-state index in [0.29, 0.717) is 24.4 Å². The van der Waals surface area contributed by atoms with Crippen molar-refractivity contribution < 1.29 is 27.5 Å². The van der Waals surface area contributed by atoms with Crippen molar-refractivity contribution in [3.8, 4) is 0 Å². The number of carbonyl (C=O) groups excluding carboxylic acids is 1. The van der Waals surface area contributed by atoms with Crippen LogP contribution in [0.1, 0.15) is 35.2 Å². The zero-order chi connectivity index (χ0) is 21.9. The fourth-order valence-corrected chi connectivity index (χ4v) is 5.00. The minimum Gasteiger partial charge on any atom is -0.478 e. The molecular weight excluding hydrogens is 435 g/mol. The van der Waals surface area contributed by atoms with Crippen LogP contribution in [-0.4, -0.2) is 42.3 Å². The Balaban J connectivity index is 2.04. The number of carboxylic acids is 1. The Morgan fingerprint density at radius 1 is 1.20 bits per heavy atom. The summed E-state index contributed by atoms with van der Waals surface area (Å²) < 4.78 is 42.3. The molecule has 7 nitrogen and oxygen atoms in total. The molecule has 2 N–H and O–H groups in total. The number of nitrogens with one attached hydrogen (secondary N) is 1. The Hall–Kier alpha value is -2.49. The molecule has 2 aromatic carbocycles. The van der Waals surface area contributed by atoms with Crippen LogP contribution in [0.2, 0.25) is 5.02 Å². The molecule has 10 heteroatoms. The van der Waals surface area contributed by atoms with Gasteiger partial charge in [0.1, 0.15) is 11.9 Å². The Labute approximate surface area is 178 Å². The average molecular weight is 455 g/mol. The largest absolute Gasteiger partial charge is 0.478 e. The Morgan fingerprint density at radius 2 is 1.90 bits per heavy atom. The molecule has 0 aromatic heterocycles. The first kappa shape index (κ1) is 22.2. The number of carbonyl (C=O) groups is 2. The maximum Gasteiger partial charge on any atom is 0.335 e. The van der Waals surface area contributed by atoms with Gasteiger partial charge in [-0.25, -0.2) is 17.6 Å². The van der Waals surface area contributed by atoms with Crippen LogP contribution < -0.4 is 5.32 Å². The summed E-state index contributed by atoms with van der Waals surface area (Å²) in [6.45, 7) is 0.0145. The van der Waals surface area contributed by atoms with E-state index in [1.807, 2.05) is 0 Å². The second-order valence-electron chi connectivity index (χ2n) is 6.92. The van der Waals surface area contributed by atoms with E-state index in [2.05, 4.69) is 5.32 Å². The maximum atomic E-state index is 14.6. The topological polar surface area (TPSA) is 104 Å². The third kappa shape index (κ3) is 4.80. The van der Waals surface area contributed by atoms with Crippen LogP contribution in [0.15, 0.2) is 47.4 Å². The highest BCUT2D eigenvalue weighted by atomic mass is 35.5. The monoisotopic (exact) mass is 454 g/mol. The number of hydrogen-bond donors (Lipinski definition) is 2. The number of carboxylic acid groups (broad SMARTS) is 1. The van der Waals surface area contributed by atoms with Crippen molar-refractivity contribution in [2.45, 2.75) is 36.7 Å². The average Bonchev–Trinajstić information content (AvgIpc) is 2.91. The lowest BCUT2D eigenvalue weighted by Gasteiger charge is -2.29. The van der Waals surface area contributed by atoms with Gasteiger partial charge in [-0.1, -0.05) is 17.7 Å². The van der Waals surface area contributed by atoms with Gasteiger partial charge >= 0.3 is 5.97 Å². The van der Waals surface area contributed by atoms with Crippen molar-refractivity contribution in [2.24, 2.45) is 0 Å². The number of rotatable bonds is 6. The van der Waals surface area contributed by atoms with Gasteiger partial charge in [-0.15, -0.1) is 0 Å². The molecule has 0 saturated carbocycles. The number of sulfonamides is 1. The number of amides is 1. The Bertz CT molecular complexity index is 1060. The van der Waals surface area contributed by atoms with E-state index in [0.717, 1.165) is 10.4 Å². The van der Waals surface area contributed by atoms with E-state index in [-0.39, 0.29) is 22.4 Å². The number of benzene rings is 2. The molecule has 3 rings (SSSR count). The third-order valence-electron chi connectivity index (χ3n) is 4.90. The predicted molar refractivity (Wildman–Crippen MR) is 108 cm³/mol. The van der Waals surface area contributed by atoms with E-state index < -0.39 is 40.3 Å². The summed E-state index contributed by atoms with van der Waals surface area (Å²) in [6, 6.07) is 7.71. The van der Waals surface area contributed by atoms with Gasteiger partial charge in [-0.3, -0.25) is 4.79 Å². The zero-order valence-corrected chi connectivity index (χ0v) is 17.4. The molecule has 1 aliphatic heterocycles. The summed E-state index contributed by atoms with van der Waals surface area (Å²) >= 11 is 5.86. The van der Waals surface area contributed by atoms with Crippen LogP contribution in [0.5, 0.6) is 0 Å². The van der Waals surface area contributed by atoms with Crippen molar-refractivity contribution in [1.82, 2.24) is 9.62 Å². The van der Waals surface area contributed by atoms with Gasteiger partial charge in [0.15, 0.2) is 0 Å². The van der Waals surface area contributed by atoms with Gasteiger partial charge in [0.25, 0.3) is 0 Å². The molecule has 2 aromatic rings. The summed E-state index contributed by atoms with van der Waals surface area (Å²) in [6.07, 6.45) is 1.61. The molecule has 1 heterocycles. The molecule has 1 atom stereocenters. The van der Waals surface area contributed by atoms with Crippen LogP contribution in [0.3, 0.4) is 0 Å². The smallest absolute Gasteiger partial charge is 0.335 e. The Morgan fingerprint density at radius 3 is 2.53 bits per heavy atom. The lowest BCUT2D eigenvalue weighted by atomic mass is 10.1. The highest BCUT2D eigenvalue weighted by Gasteiger charge is 2.37. The molecule has 0 radical (unpaired) electrons. The molecule has 1 fully saturated rings. The lowest BCUT2D eigenvalue weighted by Crippen LogP contribution is -2.48. The molecular formula is C20H20ClFN2O5S. The molecule has 0 bridgehead atoms.